The Labute approximate surface area is 172 Å². The Bertz CT molecular complexity index is 1070. The molecule has 0 aliphatic carbocycles. The van der Waals surface area contributed by atoms with Crippen molar-refractivity contribution in [3.05, 3.63) is 58.2 Å². The summed E-state index contributed by atoms with van der Waals surface area (Å²) >= 11 is 2.74. The number of carbonyl (C=O) groups is 1. The van der Waals surface area contributed by atoms with Crippen LogP contribution in [0.1, 0.15) is 19.4 Å². The maximum atomic E-state index is 13.3. The molecule has 0 fully saturated rings. The molecule has 0 spiro atoms. The van der Waals surface area contributed by atoms with Crippen LogP contribution < -0.4 is 10.9 Å². The molecule has 2 heterocycles. The van der Waals surface area contributed by atoms with Crippen molar-refractivity contribution >= 4 is 39.2 Å². The standard InChI is InChI=1S/C21H23N3O2S2/c1-5-11-24-20(26)17-16(15-9-7-13(3)8-10-15)12-27-19(17)23-21(24)28-14(4)18(25)22-6-2/h5,7-10,12,14H,1,6,11H2,2-4H3,(H,22,25)/t14-/m1/s1. The zero-order chi connectivity index (χ0) is 20.3. The summed E-state index contributed by atoms with van der Waals surface area (Å²) in [6.07, 6.45) is 1.67. The highest BCUT2D eigenvalue weighted by Crippen LogP contribution is 2.33. The van der Waals surface area contributed by atoms with Gasteiger partial charge in [0, 0.05) is 24.0 Å². The van der Waals surface area contributed by atoms with Crippen LogP contribution in [-0.2, 0) is 11.3 Å². The molecule has 1 N–H and O–H groups in total. The van der Waals surface area contributed by atoms with E-state index in [-0.39, 0.29) is 16.7 Å². The first-order chi connectivity index (χ1) is 13.5. The number of hydrogen-bond donors (Lipinski definition) is 1. The van der Waals surface area contributed by atoms with Crippen LogP contribution in [0.25, 0.3) is 21.3 Å². The second-order valence-corrected chi connectivity index (χ2v) is 8.62. The van der Waals surface area contributed by atoms with E-state index in [9.17, 15) is 9.59 Å². The molecule has 0 saturated carbocycles. The molecule has 3 aromatic rings. The molecule has 0 unspecified atom stereocenters. The van der Waals surface area contributed by atoms with E-state index in [4.69, 9.17) is 4.98 Å². The number of nitrogens with one attached hydrogen (secondary N) is 1. The fourth-order valence-corrected chi connectivity index (χ4v) is 4.79. The number of carbonyl (C=O) groups excluding carboxylic acids is 1. The maximum absolute atomic E-state index is 13.3. The number of aromatic nitrogens is 2. The minimum atomic E-state index is -0.350. The lowest BCUT2D eigenvalue weighted by atomic mass is 10.1. The first-order valence-electron chi connectivity index (χ1n) is 9.10. The Morgan fingerprint density at radius 1 is 1.39 bits per heavy atom. The van der Waals surface area contributed by atoms with Gasteiger partial charge in [-0.15, -0.1) is 17.9 Å². The monoisotopic (exact) mass is 413 g/mol. The van der Waals surface area contributed by atoms with Crippen molar-refractivity contribution in [2.24, 2.45) is 0 Å². The van der Waals surface area contributed by atoms with Crippen LogP contribution in [0.2, 0.25) is 0 Å². The third-order valence-electron chi connectivity index (χ3n) is 4.34. The van der Waals surface area contributed by atoms with Crippen molar-refractivity contribution in [3.8, 4) is 11.1 Å². The summed E-state index contributed by atoms with van der Waals surface area (Å²) in [4.78, 5) is 30.8. The van der Waals surface area contributed by atoms with E-state index in [1.165, 1.54) is 28.7 Å². The molecule has 3 rings (SSSR count). The van der Waals surface area contributed by atoms with Gasteiger partial charge >= 0.3 is 0 Å². The summed E-state index contributed by atoms with van der Waals surface area (Å²) in [7, 11) is 0. The average Bonchev–Trinajstić information content (AvgIpc) is 3.09. The lowest BCUT2D eigenvalue weighted by Gasteiger charge is -2.14. The molecule has 7 heteroatoms. The van der Waals surface area contributed by atoms with E-state index in [1.54, 1.807) is 10.6 Å². The van der Waals surface area contributed by atoms with E-state index >= 15 is 0 Å². The normalized spacial score (nSPS) is 12.1. The lowest BCUT2D eigenvalue weighted by molar-refractivity contribution is -0.120. The van der Waals surface area contributed by atoms with E-state index in [2.05, 4.69) is 11.9 Å². The van der Waals surface area contributed by atoms with E-state index in [0.29, 0.717) is 28.5 Å². The van der Waals surface area contributed by atoms with Crippen LogP contribution in [0.5, 0.6) is 0 Å². The van der Waals surface area contributed by atoms with Gasteiger partial charge in [-0.3, -0.25) is 14.2 Å². The number of nitrogens with zero attached hydrogens (tertiary/aromatic N) is 2. The average molecular weight is 414 g/mol. The smallest absolute Gasteiger partial charge is 0.263 e. The number of thioether (sulfide) groups is 1. The molecular weight excluding hydrogens is 390 g/mol. The highest BCUT2D eigenvalue weighted by atomic mass is 32.2. The third-order valence-corrected chi connectivity index (χ3v) is 6.30. The summed E-state index contributed by atoms with van der Waals surface area (Å²) in [6, 6.07) is 8.11. The first-order valence-corrected chi connectivity index (χ1v) is 10.9. The minimum absolute atomic E-state index is 0.0708. The van der Waals surface area contributed by atoms with E-state index in [0.717, 1.165) is 11.1 Å². The Hall–Kier alpha value is -2.38. The second kappa shape index (κ2) is 8.75. The van der Waals surface area contributed by atoms with Gasteiger partial charge in [0.25, 0.3) is 5.56 Å². The Morgan fingerprint density at radius 3 is 2.75 bits per heavy atom. The van der Waals surface area contributed by atoms with E-state index < -0.39 is 0 Å². The number of allylic oxidation sites excluding steroid dienone is 1. The summed E-state index contributed by atoms with van der Waals surface area (Å²) in [6.45, 7) is 10.4. The predicted octanol–water partition coefficient (Wildman–Crippen LogP) is 4.24. The largest absolute Gasteiger partial charge is 0.355 e. The summed E-state index contributed by atoms with van der Waals surface area (Å²) < 4.78 is 1.60. The number of hydrogen-bond acceptors (Lipinski definition) is 5. The van der Waals surface area contributed by atoms with Gasteiger partial charge in [0.05, 0.1) is 10.6 Å². The third kappa shape index (κ3) is 4.05. The molecule has 1 atom stereocenters. The van der Waals surface area contributed by atoms with Gasteiger partial charge in [0.15, 0.2) is 5.16 Å². The van der Waals surface area contributed by atoms with Crippen molar-refractivity contribution in [1.82, 2.24) is 14.9 Å². The zero-order valence-electron chi connectivity index (χ0n) is 16.2. The van der Waals surface area contributed by atoms with Crippen LogP contribution in [0, 0.1) is 6.92 Å². The highest BCUT2D eigenvalue weighted by Gasteiger charge is 2.21. The molecule has 0 aliphatic heterocycles. The second-order valence-electron chi connectivity index (χ2n) is 6.45. The number of thiophene rings is 1. The molecule has 1 aromatic carbocycles. The van der Waals surface area contributed by atoms with Crippen LogP contribution in [-0.4, -0.2) is 27.3 Å². The van der Waals surface area contributed by atoms with Gasteiger partial charge in [-0.05, 0) is 26.3 Å². The maximum Gasteiger partial charge on any atom is 0.263 e. The minimum Gasteiger partial charge on any atom is -0.355 e. The molecule has 28 heavy (non-hydrogen) atoms. The number of benzene rings is 1. The number of aryl methyl sites for hydroxylation is 1. The van der Waals surface area contributed by atoms with Crippen molar-refractivity contribution in [2.45, 2.75) is 37.7 Å². The Balaban J connectivity index is 2.11. The molecule has 0 aliphatic rings. The van der Waals surface area contributed by atoms with Crippen molar-refractivity contribution in [3.63, 3.8) is 0 Å². The molecule has 1 amide bonds. The Kier molecular flexibility index (Phi) is 6.36. The van der Waals surface area contributed by atoms with Gasteiger partial charge in [-0.25, -0.2) is 4.98 Å². The molecule has 0 saturated heterocycles. The summed E-state index contributed by atoms with van der Waals surface area (Å²) in [5.41, 5.74) is 2.96. The van der Waals surface area contributed by atoms with Crippen LogP contribution in [0.4, 0.5) is 0 Å². The van der Waals surface area contributed by atoms with Gasteiger partial charge in [0.2, 0.25) is 5.91 Å². The van der Waals surface area contributed by atoms with E-state index in [1.807, 2.05) is 50.4 Å². The van der Waals surface area contributed by atoms with Gasteiger partial charge < -0.3 is 5.32 Å². The topological polar surface area (TPSA) is 64.0 Å². The van der Waals surface area contributed by atoms with Crippen molar-refractivity contribution < 1.29 is 4.79 Å². The molecule has 0 bridgehead atoms. The summed E-state index contributed by atoms with van der Waals surface area (Å²) in [5.74, 6) is -0.0708. The van der Waals surface area contributed by atoms with Crippen LogP contribution >= 0.6 is 23.1 Å². The molecule has 146 valence electrons. The predicted molar refractivity (Wildman–Crippen MR) is 118 cm³/mol. The zero-order valence-corrected chi connectivity index (χ0v) is 17.8. The van der Waals surface area contributed by atoms with Crippen molar-refractivity contribution in [1.29, 1.82) is 0 Å². The number of fused-ring (bicyclic) bond motifs is 1. The molecule has 0 radical (unpaired) electrons. The molecule has 2 aromatic heterocycles. The lowest BCUT2D eigenvalue weighted by Crippen LogP contribution is -2.31. The fourth-order valence-electron chi connectivity index (χ4n) is 2.86. The van der Waals surface area contributed by atoms with Gasteiger partial charge in [0.1, 0.15) is 4.83 Å². The quantitative estimate of drug-likeness (QED) is 0.358. The fraction of sp³-hybridized carbons (Fsp3) is 0.286. The van der Waals surface area contributed by atoms with Gasteiger partial charge in [-0.2, -0.15) is 0 Å². The highest BCUT2D eigenvalue weighted by molar-refractivity contribution is 8.00. The molecular formula is C21H23N3O2S2. The first kappa shape index (κ1) is 20.4. The molecule has 5 nitrogen and oxygen atoms in total. The van der Waals surface area contributed by atoms with Crippen LogP contribution in [0.15, 0.2) is 52.3 Å². The van der Waals surface area contributed by atoms with Gasteiger partial charge in [-0.1, -0.05) is 47.7 Å². The summed E-state index contributed by atoms with van der Waals surface area (Å²) in [5, 5.41) is 5.58. The van der Waals surface area contributed by atoms with Crippen molar-refractivity contribution in [2.75, 3.05) is 6.54 Å². The van der Waals surface area contributed by atoms with Crippen LogP contribution in [0.3, 0.4) is 0 Å². The SMILES string of the molecule is C=CCn1c(S[C@H](C)C(=O)NCC)nc2scc(-c3ccc(C)cc3)c2c1=O. The number of amides is 1. The number of rotatable bonds is 7. The Morgan fingerprint density at radius 2 is 2.11 bits per heavy atom.